The molecular formula is C3H8O10P2. The Labute approximate surface area is 83.0 Å². The highest BCUT2D eigenvalue weighted by Gasteiger charge is 2.27. The minimum Gasteiger partial charge on any atom is -0.476 e. The van der Waals surface area contributed by atoms with Gasteiger partial charge in [0, 0.05) is 6.92 Å². The van der Waals surface area contributed by atoms with E-state index in [1.807, 2.05) is 0 Å². The van der Waals surface area contributed by atoms with E-state index in [1.165, 1.54) is 0 Å². The lowest BCUT2D eigenvalue weighted by molar-refractivity contribution is -0.148. The van der Waals surface area contributed by atoms with Gasteiger partial charge < -0.3 is 24.7 Å². The molecule has 0 aromatic heterocycles. The van der Waals surface area contributed by atoms with Crippen molar-refractivity contribution in [1.82, 2.24) is 0 Å². The summed E-state index contributed by atoms with van der Waals surface area (Å²) < 4.78 is 22.2. The van der Waals surface area contributed by atoms with Crippen molar-refractivity contribution in [3.63, 3.8) is 0 Å². The van der Waals surface area contributed by atoms with Crippen LogP contribution in [0.5, 0.6) is 0 Å². The summed E-state index contributed by atoms with van der Waals surface area (Å²) >= 11 is 0. The molecule has 0 rings (SSSR count). The highest BCUT2D eigenvalue weighted by molar-refractivity contribution is 7.60. The van der Waals surface area contributed by atoms with E-state index < -0.39 is 27.4 Å². The number of ketones is 1. The van der Waals surface area contributed by atoms with Crippen LogP contribution in [0.15, 0.2) is 0 Å². The van der Waals surface area contributed by atoms with Gasteiger partial charge in [0.05, 0.1) is 0 Å². The number of hydrogen-bond acceptors (Lipinski definition) is 5. The van der Waals surface area contributed by atoms with E-state index in [0.29, 0.717) is 0 Å². The maximum absolute atomic E-state index is 9.63. The largest absolute Gasteiger partial charge is 0.478 e. The molecule has 12 heteroatoms. The molecule has 15 heavy (non-hydrogen) atoms. The first-order valence-corrected chi connectivity index (χ1v) is 5.97. The fourth-order valence-corrected chi connectivity index (χ4v) is 1.25. The van der Waals surface area contributed by atoms with Crippen LogP contribution in [0.3, 0.4) is 0 Å². The lowest BCUT2D eigenvalue weighted by Crippen LogP contribution is -2.05. The molecule has 0 aliphatic carbocycles. The van der Waals surface area contributed by atoms with Gasteiger partial charge in [-0.1, -0.05) is 0 Å². The quantitative estimate of drug-likeness (QED) is 0.309. The van der Waals surface area contributed by atoms with E-state index in [-0.39, 0.29) is 0 Å². The molecule has 90 valence electrons. The first-order valence-electron chi connectivity index (χ1n) is 2.91. The standard InChI is InChI=1S/C3H4O3.H4O7P2/c1-2(4)3(5)6;1-8(2,3)7-9(4,5)6/h1H3,(H,5,6);(H2,1,2,3)(H2,4,5,6). The van der Waals surface area contributed by atoms with Crippen LogP contribution in [0.25, 0.3) is 0 Å². The molecule has 0 saturated heterocycles. The Morgan fingerprint density at radius 1 is 1.00 bits per heavy atom. The average Bonchev–Trinajstić information content (AvgIpc) is 1.78. The Kier molecular flexibility index (Phi) is 6.82. The summed E-state index contributed by atoms with van der Waals surface area (Å²) in [6.07, 6.45) is 0. The molecule has 0 heterocycles. The van der Waals surface area contributed by atoms with Crippen molar-refractivity contribution in [2.45, 2.75) is 6.92 Å². The number of carbonyl (C=O) groups excluding carboxylic acids is 1. The van der Waals surface area contributed by atoms with Gasteiger partial charge in [-0.3, -0.25) is 4.79 Å². The fraction of sp³-hybridized carbons (Fsp3) is 0.333. The molecule has 0 aliphatic rings. The lowest BCUT2D eigenvalue weighted by Gasteiger charge is -2.03. The van der Waals surface area contributed by atoms with Crippen molar-refractivity contribution in [2.24, 2.45) is 0 Å². The Morgan fingerprint density at radius 3 is 1.20 bits per heavy atom. The van der Waals surface area contributed by atoms with Crippen LogP contribution >= 0.6 is 15.6 Å². The van der Waals surface area contributed by atoms with Gasteiger partial charge in [-0.25, -0.2) is 13.9 Å². The van der Waals surface area contributed by atoms with Crippen LogP contribution in [0.4, 0.5) is 0 Å². The van der Waals surface area contributed by atoms with Crippen molar-refractivity contribution in [2.75, 3.05) is 0 Å². The molecule has 10 nitrogen and oxygen atoms in total. The number of aliphatic carboxylic acids is 1. The topological polar surface area (TPSA) is 179 Å². The van der Waals surface area contributed by atoms with E-state index in [2.05, 4.69) is 4.31 Å². The highest BCUT2D eigenvalue weighted by atomic mass is 31.3. The van der Waals surface area contributed by atoms with Crippen molar-refractivity contribution in [1.29, 1.82) is 0 Å². The number of rotatable bonds is 3. The first-order chi connectivity index (χ1) is 6.35. The van der Waals surface area contributed by atoms with E-state index >= 15 is 0 Å². The van der Waals surface area contributed by atoms with Crippen LogP contribution in [0, 0.1) is 0 Å². The monoisotopic (exact) mass is 266 g/mol. The Morgan fingerprint density at radius 2 is 1.20 bits per heavy atom. The van der Waals surface area contributed by atoms with E-state index in [9.17, 15) is 18.7 Å². The van der Waals surface area contributed by atoms with Gasteiger partial charge in [-0.05, 0) is 0 Å². The van der Waals surface area contributed by atoms with Gasteiger partial charge in [0.2, 0.25) is 5.78 Å². The van der Waals surface area contributed by atoms with Gasteiger partial charge in [-0.2, -0.15) is 4.31 Å². The van der Waals surface area contributed by atoms with Gasteiger partial charge in [0.15, 0.2) is 0 Å². The second kappa shape index (κ2) is 6.09. The van der Waals surface area contributed by atoms with Crippen LogP contribution in [-0.4, -0.2) is 36.4 Å². The first kappa shape index (κ1) is 16.8. The Bertz CT molecular complexity index is 288. The molecule has 0 radical (unpaired) electrons. The molecule has 0 spiro atoms. The zero-order chi connectivity index (χ0) is 12.9. The van der Waals surface area contributed by atoms with E-state index in [1.54, 1.807) is 0 Å². The van der Waals surface area contributed by atoms with Crippen molar-refractivity contribution >= 4 is 27.4 Å². The molecule has 0 aromatic rings. The third kappa shape index (κ3) is 19.7. The van der Waals surface area contributed by atoms with Crippen LogP contribution in [0.1, 0.15) is 6.92 Å². The molecule has 0 aromatic carbocycles. The summed E-state index contributed by atoms with van der Waals surface area (Å²) in [6.45, 7) is 1.00. The van der Waals surface area contributed by atoms with Crippen molar-refractivity contribution < 1.29 is 47.7 Å². The summed E-state index contributed by atoms with van der Waals surface area (Å²) in [7, 11) is -10.1. The number of carbonyl (C=O) groups is 2. The summed E-state index contributed by atoms with van der Waals surface area (Å²) in [6, 6.07) is 0. The molecule has 0 amide bonds. The Balaban J connectivity index is 0. The number of Topliss-reactive ketones (excluding diaryl/α,β-unsaturated/α-hetero) is 1. The zero-order valence-electron chi connectivity index (χ0n) is 7.17. The van der Waals surface area contributed by atoms with Gasteiger partial charge in [0.25, 0.3) is 0 Å². The van der Waals surface area contributed by atoms with E-state index in [4.69, 9.17) is 24.7 Å². The summed E-state index contributed by atoms with van der Waals surface area (Å²) in [4.78, 5) is 49.9. The third-order valence-electron chi connectivity index (χ3n) is 0.514. The molecule has 0 bridgehead atoms. The van der Waals surface area contributed by atoms with Gasteiger partial charge in [-0.15, -0.1) is 0 Å². The summed E-state index contributed by atoms with van der Waals surface area (Å²) in [5.74, 6) is -2.20. The lowest BCUT2D eigenvalue weighted by atomic mass is 10.5. The fourth-order valence-electron chi connectivity index (χ4n) is 0.139. The second-order valence-electron chi connectivity index (χ2n) is 1.92. The van der Waals surface area contributed by atoms with Crippen LogP contribution in [-0.2, 0) is 23.0 Å². The molecular weight excluding hydrogens is 258 g/mol. The summed E-state index contributed by atoms with van der Waals surface area (Å²) in [5.41, 5.74) is 0. The highest BCUT2D eigenvalue weighted by Crippen LogP contribution is 2.53. The molecule has 0 saturated carbocycles. The molecule has 0 atom stereocenters. The SMILES string of the molecule is CC(=O)C(=O)O.O=P(O)(O)OP(=O)(O)O. The number of carboxylic acids is 1. The molecule has 0 fully saturated rings. The number of phosphoric acid groups is 2. The van der Waals surface area contributed by atoms with Crippen molar-refractivity contribution in [3.8, 4) is 0 Å². The third-order valence-corrected chi connectivity index (χ3v) is 2.22. The normalized spacial score (nSPS) is 11.3. The predicted molar refractivity (Wildman–Crippen MR) is 43.5 cm³/mol. The number of carboxylic acid groups (broad SMARTS) is 1. The summed E-state index contributed by atoms with van der Waals surface area (Å²) in [5, 5.41) is 7.64. The maximum atomic E-state index is 9.63. The average molecular weight is 266 g/mol. The van der Waals surface area contributed by atoms with Crippen molar-refractivity contribution in [3.05, 3.63) is 0 Å². The van der Waals surface area contributed by atoms with Crippen LogP contribution in [0.2, 0.25) is 0 Å². The van der Waals surface area contributed by atoms with Gasteiger partial charge >= 0.3 is 21.6 Å². The smallest absolute Gasteiger partial charge is 0.476 e. The minimum atomic E-state index is -5.05. The Hall–Kier alpha value is -0.600. The second-order valence-corrected chi connectivity index (χ2v) is 4.54. The van der Waals surface area contributed by atoms with Gasteiger partial charge in [0.1, 0.15) is 0 Å². The predicted octanol–water partition coefficient (Wildman–Crippen LogP) is -1.15. The minimum absolute atomic E-state index is 0.824. The molecule has 5 N–H and O–H groups in total. The maximum Gasteiger partial charge on any atom is 0.478 e. The number of hydrogen-bond donors (Lipinski definition) is 5. The molecule has 0 unspecified atom stereocenters. The van der Waals surface area contributed by atoms with E-state index in [0.717, 1.165) is 6.92 Å². The zero-order valence-corrected chi connectivity index (χ0v) is 8.96. The van der Waals surface area contributed by atoms with Crippen LogP contribution < -0.4 is 0 Å². The molecule has 0 aliphatic heterocycles.